The van der Waals surface area contributed by atoms with Gasteiger partial charge in [-0.1, -0.05) is 0 Å². The van der Waals surface area contributed by atoms with E-state index in [9.17, 15) is 0 Å². The molecular formula is C13H18N6. The predicted octanol–water partition coefficient (Wildman–Crippen LogP) is 1.26. The minimum absolute atomic E-state index is 0.507. The molecule has 2 aromatic rings. The lowest BCUT2D eigenvalue weighted by Crippen LogP contribution is -2.23. The molecule has 0 amide bonds. The molecule has 100 valence electrons. The Morgan fingerprint density at radius 1 is 1.21 bits per heavy atom. The van der Waals surface area contributed by atoms with E-state index in [1.807, 2.05) is 18.6 Å². The Kier molecular flexibility index (Phi) is 2.61. The van der Waals surface area contributed by atoms with E-state index in [1.54, 1.807) is 0 Å². The van der Waals surface area contributed by atoms with Crippen LogP contribution in [0.1, 0.15) is 37.2 Å². The van der Waals surface area contributed by atoms with Gasteiger partial charge in [0.25, 0.3) is 0 Å². The maximum atomic E-state index is 4.34. The predicted molar refractivity (Wildman–Crippen MR) is 69.5 cm³/mol. The van der Waals surface area contributed by atoms with Crippen LogP contribution in [-0.4, -0.2) is 42.5 Å². The van der Waals surface area contributed by atoms with E-state index in [2.05, 4.69) is 35.6 Å². The van der Waals surface area contributed by atoms with Crippen LogP contribution in [0.5, 0.6) is 0 Å². The van der Waals surface area contributed by atoms with E-state index in [0.717, 1.165) is 25.5 Å². The Labute approximate surface area is 112 Å². The topological polar surface area (TPSA) is 51.8 Å². The highest BCUT2D eigenvalue weighted by Crippen LogP contribution is 2.35. The van der Waals surface area contributed by atoms with E-state index in [1.165, 1.54) is 19.3 Å². The fourth-order valence-electron chi connectivity index (χ4n) is 2.91. The highest BCUT2D eigenvalue weighted by atomic mass is 15.3. The maximum Gasteiger partial charge on any atom is 0.147 e. The summed E-state index contributed by atoms with van der Waals surface area (Å²) in [4.78, 5) is 2.45. The van der Waals surface area contributed by atoms with Crippen LogP contribution in [-0.2, 0) is 6.54 Å². The van der Waals surface area contributed by atoms with E-state index in [4.69, 9.17) is 0 Å². The molecule has 6 heteroatoms. The van der Waals surface area contributed by atoms with Crippen LogP contribution in [0.2, 0.25) is 0 Å². The molecule has 0 radical (unpaired) electrons. The molecule has 1 saturated carbocycles. The van der Waals surface area contributed by atoms with Gasteiger partial charge in [0.15, 0.2) is 0 Å². The second kappa shape index (κ2) is 4.45. The highest BCUT2D eigenvalue weighted by Gasteiger charge is 2.29. The van der Waals surface area contributed by atoms with Gasteiger partial charge in [0.05, 0.1) is 12.6 Å². The molecule has 1 aliphatic carbocycles. The first-order valence-corrected chi connectivity index (χ1v) is 7.00. The van der Waals surface area contributed by atoms with Crippen LogP contribution in [0.4, 0.5) is 0 Å². The number of rotatable bonds is 4. The second-order valence-electron chi connectivity index (χ2n) is 5.55. The quantitative estimate of drug-likeness (QED) is 0.828. The van der Waals surface area contributed by atoms with Crippen molar-refractivity contribution in [3.8, 4) is 0 Å². The Bertz CT molecular complexity index is 541. The standard InChI is InChI=1S/C13H18N6/c1-5-15-19(6-1)12-4-7-17(8-12)9-13-16-14-10-18(13)11-2-3-11/h1,5-6,10-12H,2-4,7-9H2. The van der Waals surface area contributed by atoms with Crippen molar-refractivity contribution in [1.82, 2.24) is 29.4 Å². The SMILES string of the molecule is c1cnn(C2CCN(Cc3nncn3C3CC3)C2)c1. The lowest BCUT2D eigenvalue weighted by molar-refractivity contribution is 0.298. The van der Waals surface area contributed by atoms with Crippen LogP contribution in [0, 0.1) is 0 Å². The molecular weight excluding hydrogens is 240 g/mol. The third-order valence-electron chi connectivity index (χ3n) is 4.10. The van der Waals surface area contributed by atoms with E-state index in [-0.39, 0.29) is 0 Å². The summed E-state index contributed by atoms with van der Waals surface area (Å²) in [6.07, 6.45) is 9.52. The summed E-state index contributed by atoms with van der Waals surface area (Å²) in [5.41, 5.74) is 0. The summed E-state index contributed by atoms with van der Waals surface area (Å²) in [7, 11) is 0. The van der Waals surface area contributed by atoms with Crippen molar-refractivity contribution in [2.24, 2.45) is 0 Å². The van der Waals surface area contributed by atoms with Crippen LogP contribution in [0.15, 0.2) is 24.8 Å². The first-order chi connectivity index (χ1) is 9.40. The monoisotopic (exact) mass is 258 g/mol. The average Bonchev–Trinajstić information content (AvgIpc) is 2.91. The van der Waals surface area contributed by atoms with Gasteiger partial charge in [-0.05, 0) is 25.3 Å². The first-order valence-electron chi connectivity index (χ1n) is 7.00. The van der Waals surface area contributed by atoms with Crippen molar-refractivity contribution in [2.75, 3.05) is 13.1 Å². The third kappa shape index (κ3) is 2.16. The number of hydrogen-bond donors (Lipinski definition) is 0. The number of nitrogens with zero attached hydrogens (tertiary/aromatic N) is 6. The molecule has 0 spiro atoms. The molecule has 0 bridgehead atoms. The maximum absolute atomic E-state index is 4.34. The number of aromatic nitrogens is 5. The molecule has 0 aromatic carbocycles. The molecule has 1 saturated heterocycles. The summed E-state index contributed by atoms with van der Waals surface area (Å²) in [6.45, 7) is 3.08. The highest BCUT2D eigenvalue weighted by molar-refractivity contribution is 4.96. The van der Waals surface area contributed by atoms with Crippen molar-refractivity contribution in [3.63, 3.8) is 0 Å². The molecule has 19 heavy (non-hydrogen) atoms. The summed E-state index contributed by atoms with van der Waals surface area (Å²) in [5, 5.41) is 12.7. The summed E-state index contributed by atoms with van der Waals surface area (Å²) < 4.78 is 4.33. The van der Waals surface area contributed by atoms with Gasteiger partial charge in [0, 0.05) is 31.5 Å². The van der Waals surface area contributed by atoms with Gasteiger partial charge in [0.2, 0.25) is 0 Å². The minimum Gasteiger partial charge on any atom is -0.313 e. The summed E-state index contributed by atoms with van der Waals surface area (Å²) in [6, 6.07) is 3.16. The lowest BCUT2D eigenvalue weighted by Gasteiger charge is -2.16. The van der Waals surface area contributed by atoms with Gasteiger partial charge in [-0.25, -0.2) is 0 Å². The van der Waals surface area contributed by atoms with Crippen molar-refractivity contribution in [1.29, 1.82) is 0 Å². The van der Waals surface area contributed by atoms with Gasteiger partial charge in [0.1, 0.15) is 12.2 Å². The zero-order valence-corrected chi connectivity index (χ0v) is 10.9. The van der Waals surface area contributed by atoms with Gasteiger partial charge < -0.3 is 4.57 Å². The Morgan fingerprint density at radius 3 is 2.95 bits per heavy atom. The van der Waals surface area contributed by atoms with Crippen LogP contribution in [0.3, 0.4) is 0 Å². The molecule has 2 aromatic heterocycles. The van der Waals surface area contributed by atoms with Gasteiger partial charge >= 0.3 is 0 Å². The zero-order valence-electron chi connectivity index (χ0n) is 10.9. The summed E-state index contributed by atoms with van der Waals surface area (Å²) >= 11 is 0. The van der Waals surface area contributed by atoms with Crippen molar-refractivity contribution in [2.45, 2.75) is 37.9 Å². The van der Waals surface area contributed by atoms with E-state index in [0.29, 0.717) is 12.1 Å². The molecule has 2 fully saturated rings. The third-order valence-corrected chi connectivity index (χ3v) is 4.10. The fraction of sp³-hybridized carbons (Fsp3) is 0.615. The number of hydrogen-bond acceptors (Lipinski definition) is 4. The summed E-state index contributed by atoms with van der Waals surface area (Å²) in [5.74, 6) is 1.11. The molecule has 4 rings (SSSR count). The molecule has 1 unspecified atom stereocenters. The van der Waals surface area contributed by atoms with Crippen molar-refractivity contribution < 1.29 is 0 Å². The van der Waals surface area contributed by atoms with Gasteiger partial charge in [-0.3, -0.25) is 9.58 Å². The van der Waals surface area contributed by atoms with Crippen LogP contribution >= 0.6 is 0 Å². The Morgan fingerprint density at radius 2 is 2.16 bits per heavy atom. The molecule has 0 N–H and O–H groups in total. The smallest absolute Gasteiger partial charge is 0.147 e. The second-order valence-corrected chi connectivity index (χ2v) is 5.55. The minimum atomic E-state index is 0.507. The van der Waals surface area contributed by atoms with Gasteiger partial charge in [-0.15, -0.1) is 10.2 Å². The largest absolute Gasteiger partial charge is 0.313 e. The molecule has 1 atom stereocenters. The average molecular weight is 258 g/mol. The fourth-order valence-corrected chi connectivity index (χ4v) is 2.91. The molecule has 1 aliphatic heterocycles. The van der Waals surface area contributed by atoms with Crippen molar-refractivity contribution in [3.05, 3.63) is 30.6 Å². The number of likely N-dealkylation sites (tertiary alicyclic amines) is 1. The van der Waals surface area contributed by atoms with Gasteiger partial charge in [-0.2, -0.15) is 5.10 Å². The molecule has 2 aliphatic rings. The normalized spacial score (nSPS) is 24.1. The van der Waals surface area contributed by atoms with Crippen LogP contribution in [0.25, 0.3) is 0 Å². The Hall–Kier alpha value is -1.69. The van der Waals surface area contributed by atoms with E-state index >= 15 is 0 Å². The Balaban J connectivity index is 1.42. The zero-order chi connectivity index (χ0) is 12.7. The molecule has 6 nitrogen and oxygen atoms in total. The van der Waals surface area contributed by atoms with Crippen LogP contribution < -0.4 is 0 Å². The van der Waals surface area contributed by atoms with Crippen molar-refractivity contribution >= 4 is 0 Å². The first kappa shape index (κ1) is 11.2. The lowest BCUT2D eigenvalue weighted by atomic mass is 10.3. The van der Waals surface area contributed by atoms with E-state index < -0.39 is 0 Å². The molecule has 3 heterocycles.